The van der Waals surface area contributed by atoms with Crippen molar-refractivity contribution >= 4 is 17.7 Å². The molecule has 1 amide bonds. The monoisotopic (exact) mass is 374 g/mol. The Kier molecular flexibility index (Phi) is 5.09. The zero-order valence-electron chi connectivity index (χ0n) is 15.5. The average Bonchev–Trinajstić information content (AvgIpc) is 3.29. The van der Waals surface area contributed by atoms with Crippen molar-refractivity contribution in [1.82, 2.24) is 19.6 Å². The summed E-state index contributed by atoms with van der Waals surface area (Å²) in [5, 5.41) is 4.62. The second kappa shape index (κ2) is 7.48. The van der Waals surface area contributed by atoms with Crippen LogP contribution in [-0.4, -0.2) is 63.2 Å². The quantitative estimate of drug-likeness (QED) is 0.821. The molecule has 140 valence electrons. The molecule has 0 spiro atoms. The molecule has 1 saturated heterocycles. The number of fused-ring (bicyclic) bond motifs is 1. The van der Waals surface area contributed by atoms with Crippen LogP contribution < -0.4 is 0 Å². The summed E-state index contributed by atoms with van der Waals surface area (Å²) in [6.45, 7) is 2.45. The lowest BCUT2D eigenvalue weighted by molar-refractivity contribution is 0.0763. The van der Waals surface area contributed by atoms with E-state index in [4.69, 9.17) is 4.42 Å². The molecule has 1 unspecified atom stereocenters. The Hall–Kier alpha value is -1.73. The number of furan rings is 1. The van der Waals surface area contributed by atoms with Crippen LogP contribution in [0.3, 0.4) is 0 Å². The van der Waals surface area contributed by atoms with Crippen molar-refractivity contribution in [1.29, 1.82) is 0 Å². The van der Waals surface area contributed by atoms with E-state index in [0.717, 1.165) is 61.7 Å². The van der Waals surface area contributed by atoms with E-state index in [1.54, 1.807) is 6.26 Å². The van der Waals surface area contributed by atoms with Crippen LogP contribution in [0.2, 0.25) is 0 Å². The third-order valence-corrected chi connectivity index (χ3v) is 6.48. The number of carbonyl (C=O) groups excluding carboxylic acids is 1. The zero-order valence-corrected chi connectivity index (χ0v) is 16.3. The number of hydrogen-bond donors (Lipinski definition) is 0. The fourth-order valence-electron chi connectivity index (χ4n) is 4.01. The Bertz CT molecular complexity index is 765. The van der Waals surface area contributed by atoms with Crippen LogP contribution in [0.4, 0.5) is 0 Å². The number of aromatic nitrogens is 2. The summed E-state index contributed by atoms with van der Waals surface area (Å²) in [7, 11) is 4.10. The second-order valence-electron chi connectivity index (χ2n) is 7.19. The first-order valence-electron chi connectivity index (χ1n) is 9.28. The summed E-state index contributed by atoms with van der Waals surface area (Å²) >= 11 is 1.92. The van der Waals surface area contributed by atoms with Crippen molar-refractivity contribution < 1.29 is 9.21 Å². The number of carbonyl (C=O) groups is 1. The predicted molar refractivity (Wildman–Crippen MR) is 102 cm³/mol. The number of thioether (sulfide) groups is 1. The minimum atomic E-state index is 0.108. The predicted octanol–water partition coefficient (Wildman–Crippen LogP) is 2.19. The van der Waals surface area contributed by atoms with E-state index in [1.807, 2.05) is 40.5 Å². The van der Waals surface area contributed by atoms with Gasteiger partial charge in [0.2, 0.25) is 0 Å². The molecular formula is C19H26N4O2S. The first-order valence-corrected chi connectivity index (χ1v) is 10.4. The van der Waals surface area contributed by atoms with Gasteiger partial charge in [0.05, 0.1) is 12.8 Å². The van der Waals surface area contributed by atoms with Gasteiger partial charge in [-0.2, -0.15) is 16.9 Å². The number of aryl methyl sites for hydroxylation is 1. The van der Waals surface area contributed by atoms with Crippen molar-refractivity contribution in [3.05, 3.63) is 41.1 Å². The standard InChI is InChI=1S/C19H26N4O2S/c1-21(13-15-4-3-9-25-15)14-5-6-17-16(12-14)18(20-22(17)2)19(24)23-7-10-26-11-8-23/h3-4,9,14H,5-8,10-13H2,1-2H3. The van der Waals surface area contributed by atoms with E-state index >= 15 is 0 Å². The van der Waals surface area contributed by atoms with E-state index in [-0.39, 0.29) is 5.91 Å². The van der Waals surface area contributed by atoms with Crippen molar-refractivity contribution in [2.45, 2.75) is 31.8 Å². The summed E-state index contributed by atoms with van der Waals surface area (Å²) < 4.78 is 7.41. The number of likely N-dealkylation sites (N-methyl/N-ethyl adjacent to an activating group) is 1. The lowest BCUT2D eigenvalue weighted by Crippen LogP contribution is -2.40. The summed E-state index contributed by atoms with van der Waals surface area (Å²) in [6, 6.07) is 4.34. The fraction of sp³-hybridized carbons (Fsp3) is 0.579. The Balaban J connectivity index is 1.52. The maximum absolute atomic E-state index is 13.0. The van der Waals surface area contributed by atoms with Crippen LogP contribution in [0.5, 0.6) is 0 Å². The molecule has 4 rings (SSSR count). The first kappa shape index (κ1) is 17.7. The van der Waals surface area contributed by atoms with Crippen LogP contribution in [0.15, 0.2) is 22.8 Å². The van der Waals surface area contributed by atoms with Crippen molar-refractivity contribution in [2.24, 2.45) is 7.05 Å². The number of hydrogen-bond acceptors (Lipinski definition) is 5. The third-order valence-electron chi connectivity index (χ3n) is 5.54. The van der Waals surface area contributed by atoms with Crippen molar-refractivity contribution in [3.63, 3.8) is 0 Å². The average molecular weight is 375 g/mol. The fourth-order valence-corrected chi connectivity index (χ4v) is 4.92. The number of amides is 1. The Morgan fingerprint density at radius 1 is 1.42 bits per heavy atom. The molecule has 1 fully saturated rings. The summed E-state index contributed by atoms with van der Waals surface area (Å²) in [4.78, 5) is 17.3. The molecule has 0 saturated carbocycles. The highest BCUT2D eigenvalue weighted by Crippen LogP contribution is 2.28. The lowest BCUT2D eigenvalue weighted by Gasteiger charge is -2.31. The highest BCUT2D eigenvalue weighted by molar-refractivity contribution is 7.99. The van der Waals surface area contributed by atoms with Crippen LogP contribution in [0.1, 0.15) is 33.9 Å². The molecule has 0 N–H and O–H groups in total. The molecule has 2 aromatic rings. The maximum atomic E-state index is 13.0. The Morgan fingerprint density at radius 2 is 2.23 bits per heavy atom. The molecule has 1 atom stereocenters. The minimum Gasteiger partial charge on any atom is -0.468 e. The topological polar surface area (TPSA) is 54.5 Å². The molecule has 1 aliphatic heterocycles. The molecule has 1 aliphatic carbocycles. The van der Waals surface area contributed by atoms with Crippen molar-refractivity contribution in [2.75, 3.05) is 31.6 Å². The third kappa shape index (κ3) is 3.42. The van der Waals surface area contributed by atoms with Crippen LogP contribution in [0.25, 0.3) is 0 Å². The van der Waals surface area contributed by atoms with Crippen LogP contribution in [0, 0.1) is 0 Å². The summed E-state index contributed by atoms with van der Waals surface area (Å²) in [5.41, 5.74) is 3.05. The molecular weight excluding hydrogens is 348 g/mol. The molecule has 0 bridgehead atoms. The molecule has 2 aromatic heterocycles. The van der Waals surface area contributed by atoms with Gasteiger partial charge in [0.1, 0.15) is 5.76 Å². The van der Waals surface area contributed by atoms with Gasteiger partial charge in [0.25, 0.3) is 5.91 Å². The van der Waals surface area contributed by atoms with E-state index in [0.29, 0.717) is 11.7 Å². The van der Waals surface area contributed by atoms with Gasteiger partial charge in [-0.15, -0.1) is 0 Å². The molecule has 0 aromatic carbocycles. The summed E-state index contributed by atoms with van der Waals surface area (Å²) in [5.74, 6) is 3.13. The van der Waals surface area contributed by atoms with Gasteiger partial charge >= 0.3 is 0 Å². The maximum Gasteiger partial charge on any atom is 0.274 e. The minimum absolute atomic E-state index is 0.108. The smallest absolute Gasteiger partial charge is 0.274 e. The van der Waals surface area contributed by atoms with Gasteiger partial charge in [0, 0.05) is 48.9 Å². The molecule has 6 nitrogen and oxygen atoms in total. The molecule has 7 heteroatoms. The second-order valence-corrected chi connectivity index (χ2v) is 8.42. The van der Waals surface area contributed by atoms with E-state index in [2.05, 4.69) is 17.0 Å². The van der Waals surface area contributed by atoms with Crippen LogP contribution in [-0.2, 0) is 26.4 Å². The normalized spacial score (nSPS) is 20.4. The lowest BCUT2D eigenvalue weighted by atomic mass is 9.90. The highest BCUT2D eigenvalue weighted by atomic mass is 32.2. The zero-order chi connectivity index (χ0) is 18.1. The number of rotatable bonds is 4. The van der Waals surface area contributed by atoms with E-state index in [1.165, 1.54) is 5.69 Å². The molecule has 3 heterocycles. The van der Waals surface area contributed by atoms with Gasteiger partial charge in [-0.05, 0) is 38.4 Å². The highest BCUT2D eigenvalue weighted by Gasteiger charge is 2.32. The molecule has 0 radical (unpaired) electrons. The van der Waals surface area contributed by atoms with Crippen LogP contribution >= 0.6 is 11.8 Å². The first-order chi connectivity index (χ1) is 12.6. The molecule has 26 heavy (non-hydrogen) atoms. The van der Waals surface area contributed by atoms with Gasteiger partial charge in [-0.25, -0.2) is 0 Å². The Labute approximate surface area is 158 Å². The van der Waals surface area contributed by atoms with Gasteiger partial charge in [0.15, 0.2) is 5.69 Å². The van der Waals surface area contributed by atoms with Gasteiger partial charge < -0.3 is 9.32 Å². The van der Waals surface area contributed by atoms with Crippen molar-refractivity contribution in [3.8, 4) is 0 Å². The Morgan fingerprint density at radius 3 is 2.96 bits per heavy atom. The van der Waals surface area contributed by atoms with Gasteiger partial charge in [-0.3, -0.25) is 14.4 Å². The molecule has 2 aliphatic rings. The number of nitrogens with zero attached hydrogens (tertiary/aromatic N) is 4. The SMILES string of the molecule is CN(Cc1ccco1)C1CCc2c(c(C(=O)N3CCSCC3)nn2C)C1. The van der Waals surface area contributed by atoms with Gasteiger partial charge in [-0.1, -0.05) is 0 Å². The largest absolute Gasteiger partial charge is 0.468 e. The van der Waals surface area contributed by atoms with E-state index < -0.39 is 0 Å². The summed E-state index contributed by atoms with van der Waals surface area (Å²) in [6.07, 6.45) is 4.65. The van der Waals surface area contributed by atoms with E-state index in [9.17, 15) is 4.79 Å².